The second kappa shape index (κ2) is 10.2. The minimum Gasteiger partial charge on any atom is -0.497 e. The fourth-order valence-corrected chi connectivity index (χ4v) is 3.19. The van der Waals surface area contributed by atoms with Crippen LogP contribution in [-0.4, -0.2) is 26.0 Å². The van der Waals surface area contributed by atoms with E-state index in [2.05, 4.69) is 20.8 Å². The molecular weight excluding hydrogens is 416 g/mol. The first-order valence-corrected chi connectivity index (χ1v) is 10.6. The van der Waals surface area contributed by atoms with Crippen molar-refractivity contribution >= 4 is 17.8 Å². The van der Waals surface area contributed by atoms with E-state index in [0.29, 0.717) is 28.4 Å². The van der Waals surface area contributed by atoms with Crippen LogP contribution in [0, 0.1) is 0 Å². The lowest BCUT2D eigenvalue weighted by atomic mass is 9.87. The highest BCUT2D eigenvalue weighted by atomic mass is 16.5. The molecule has 0 aromatic heterocycles. The predicted octanol–water partition coefficient (Wildman–Crippen LogP) is 6.12. The standard InChI is InChI=1S/C28H28O5/c1-28(2,3)21-11-9-20(10-12-21)27(30)33-22-13-6-19(7-14-22)8-16-25(29)24-18-23(31-4)15-17-26(24)32-5/h6-18H,1-5H3. The Morgan fingerprint density at radius 2 is 1.42 bits per heavy atom. The monoisotopic (exact) mass is 444 g/mol. The van der Waals surface area contributed by atoms with E-state index in [1.54, 1.807) is 67.8 Å². The molecule has 0 saturated carbocycles. The van der Waals surface area contributed by atoms with Crippen LogP contribution in [0.2, 0.25) is 0 Å². The van der Waals surface area contributed by atoms with Gasteiger partial charge in [0.1, 0.15) is 17.2 Å². The van der Waals surface area contributed by atoms with Crippen molar-refractivity contribution in [2.75, 3.05) is 14.2 Å². The van der Waals surface area contributed by atoms with Gasteiger partial charge < -0.3 is 14.2 Å². The lowest BCUT2D eigenvalue weighted by Crippen LogP contribution is -2.12. The Kier molecular flexibility index (Phi) is 7.34. The van der Waals surface area contributed by atoms with Crippen molar-refractivity contribution in [3.63, 3.8) is 0 Å². The number of carbonyl (C=O) groups is 2. The number of hydrogen-bond donors (Lipinski definition) is 0. The summed E-state index contributed by atoms with van der Waals surface area (Å²) in [7, 11) is 3.06. The molecule has 0 heterocycles. The summed E-state index contributed by atoms with van der Waals surface area (Å²) in [5.41, 5.74) is 2.86. The number of methoxy groups -OCH3 is 2. The molecule has 0 N–H and O–H groups in total. The summed E-state index contributed by atoms with van der Waals surface area (Å²) in [6.07, 6.45) is 3.16. The quantitative estimate of drug-likeness (QED) is 0.190. The average Bonchev–Trinajstić information content (AvgIpc) is 2.82. The van der Waals surface area contributed by atoms with E-state index in [-0.39, 0.29) is 11.2 Å². The largest absolute Gasteiger partial charge is 0.497 e. The van der Waals surface area contributed by atoms with Gasteiger partial charge in [-0.1, -0.05) is 51.1 Å². The average molecular weight is 445 g/mol. The van der Waals surface area contributed by atoms with E-state index in [4.69, 9.17) is 14.2 Å². The molecule has 0 aliphatic rings. The van der Waals surface area contributed by atoms with Gasteiger partial charge in [-0.15, -0.1) is 0 Å². The molecule has 5 heteroatoms. The van der Waals surface area contributed by atoms with Gasteiger partial charge in [-0.25, -0.2) is 4.79 Å². The van der Waals surface area contributed by atoms with Crippen molar-refractivity contribution in [1.82, 2.24) is 0 Å². The minimum absolute atomic E-state index is 0.0187. The molecule has 0 fully saturated rings. The number of rotatable bonds is 7. The van der Waals surface area contributed by atoms with Gasteiger partial charge in [0, 0.05) is 0 Å². The van der Waals surface area contributed by atoms with Crippen LogP contribution in [0.1, 0.15) is 52.6 Å². The summed E-state index contributed by atoms with van der Waals surface area (Å²) < 4.78 is 15.9. The molecule has 5 nitrogen and oxygen atoms in total. The highest BCUT2D eigenvalue weighted by Crippen LogP contribution is 2.25. The third-order valence-electron chi connectivity index (χ3n) is 5.18. The predicted molar refractivity (Wildman–Crippen MR) is 129 cm³/mol. The van der Waals surface area contributed by atoms with Crippen LogP contribution >= 0.6 is 0 Å². The number of carbonyl (C=O) groups excluding carboxylic acids is 2. The number of ketones is 1. The number of esters is 1. The fourth-order valence-electron chi connectivity index (χ4n) is 3.19. The molecule has 0 bridgehead atoms. The Morgan fingerprint density at radius 1 is 0.788 bits per heavy atom. The van der Waals surface area contributed by atoms with Gasteiger partial charge in [0.25, 0.3) is 0 Å². The Labute approximate surface area is 194 Å². The Balaban J connectivity index is 1.66. The zero-order valence-corrected chi connectivity index (χ0v) is 19.5. The highest BCUT2D eigenvalue weighted by molar-refractivity contribution is 6.08. The maximum atomic E-state index is 12.6. The van der Waals surface area contributed by atoms with Crippen molar-refractivity contribution in [1.29, 1.82) is 0 Å². The van der Waals surface area contributed by atoms with Crippen LogP contribution in [0.3, 0.4) is 0 Å². The van der Waals surface area contributed by atoms with Crippen LogP contribution in [0.15, 0.2) is 72.8 Å². The maximum absolute atomic E-state index is 12.6. The summed E-state index contributed by atoms with van der Waals surface area (Å²) in [6, 6.07) is 19.4. The molecule has 3 aromatic carbocycles. The lowest BCUT2D eigenvalue weighted by molar-refractivity contribution is 0.0734. The molecule has 0 unspecified atom stereocenters. The van der Waals surface area contributed by atoms with Gasteiger partial charge in [-0.3, -0.25) is 4.79 Å². The van der Waals surface area contributed by atoms with Crippen molar-refractivity contribution in [2.45, 2.75) is 26.2 Å². The van der Waals surface area contributed by atoms with E-state index in [1.807, 2.05) is 12.1 Å². The number of hydrogen-bond acceptors (Lipinski definition) is 5. The molecule has 0 saturated heterocycles. The normalized spacial score (nSPS) is 11.3. The summed E-state index contributed by atoms with van der Waals surface area (Å²) in [4.78, 5) is 25.1. The molecule has 0 aliphatic carbocycles. The van der Waals surface area contributed by atoms with Crippen molar-refractivity contribution in [3.05, 3.63) is 95.1 Å². The summed E-state index contributed by atoms with van der Waals surface area (Å²) >= 11 is 0. The maximum Gasteiger partial charge on any atom is 0.343 e. The lowest BCUT2D eigenvalue weighted by Gasteiger charge is -2.18. The second-order valence-electron chi connectivity index (χ2n) is 8.55. The van der Waals surface area contributed by atoms with Crippen LogP contribution in [-0.2, 0) is 5.41 Å². The van der Waals surface area contributed by atoms with E-state index in [1.165, 1.54) is 13.2 Å². The van der Waals surface area contributed by atoms with Gasteiger partial charge >= 0.3 is 5.97 Å². The molecule has 0 spiro atoms. The molecule has 33 heavy (non-hydrogen) atoms. The van der Waals surface area contributed by atoms with E-state index in [9.17, 15) is 9.59 Å². The van der Waals surface area contributed by atoms with Gasteiger partial charge in [-0.2, -0.15) is 0 Å². The van der Waals surface area contributed by atoms with Crippen molar-refractivity contribution in [2.24, 2.45) is 0 Å². The third-order valence-corrected chi connectivity index (χ3v) is 5.18. The molecule has 0 atom stereocenters. The number of ether oxygens (including phenoxy) is 3. The molecule has 3 rings (SSSR count). The highest BCUT2D eigenvalue weighted by Gasteiger charge is 2.15. The van der Waals surface area contributed by atoms with Crippen LogP contribution < -0.4 is 14.2 Å². The van der Waals surface area contributed by atoms with Gasteiger partial charge in [0.2, 0.25) is 0 Å². The van der Waals surface area contributed by atoms with Crippen LogP contribution in [0.25, 0.3) is 6.08 Å². The Bertz CT molecular complexity index is 1150. The zero-order chi connectivity index (χ0) is 24.0. The van der Waals surface area contributed by atoms with Crippen molar-refractivity contribution < 1.29 is 23.8 Å². The first-order chi connectivity index (χ1) is 15.7. The molecule has 0 aliphatic heterocycles. The van der Waals surface area contributed by atoms with Crippen LogP contribution in [0.5, 0.6) is 17.2 Å². The van der Waals surface area contributed by atoms with E-state index < -0.39 is 5.97 Å². The summed E-state index contributed by atoms with van der Waals surface area (Å²) in [6.45, 7) is 6.37. The first-order valence-electron chi connectivity index (χ1n) is 10.6. The number of allylic oxidation sites excluding steroid dienone is 1. The van der Waals surface area contributed by atoms with Gasteiger partial charge in [0.05, 0.1) is 25.3 Å². The van der Waals surface area contributed by atoms with E-state index in [0.717, 1.165) is 11.1 Å². The van der Waals surface area contributed by atoms with Gasteiger partial charge in [0.15, 0.2) is 5.78 Å². The third kappa shape index (κ3) is 6.10. The zero-order valence-electron chi connectivity index (χ0n) is 19.5. The van der Waals surface area contributed by atoms with Crippen LogP contribution in [0.4, 0.5) is 0 Å². The molecule has 170 valence electrons. The smallest absolute Gasteiger partial charge is 0.343 e. The Morgan fingerprint density at radius 3 is 2.00 bits per heavy atom. The molecular formula is C28H28O5. The molecule has 0 amide bonds. The van der Waals surface area contributed by atoms with E-state index >= 15 is 0 Å². The Hall–Kier alpha value is -3.86. The SMILES string of the molecule is COc1ccc(OC)c(C(=O)C=Cc2ccc(OC(=O)c3ccc(C(C)(C)C)cc3)cc2)c1. The topological polar surface area (TPSA) is 61.8 Å². The fraction of sp³-hybridized carbons (Fsp3) is 0.214. The molecule has 3 aromatic rings. The van der Waals surface area contributed by atoms with Gasteiger partial charge in [-0.05, 0) is 65.1 Å². The summed E-state index contributed by atoms with van der Waals surface area (Å²) in [5.74, 6) is 0.854. The molecule has 0 radical (unpaired) electrons. The summed E-state index contributed by atoms with van der Waals surface area (Å²) in [5, 5.41) is 0. The second-order valence-corrected chi connectivity index (χ2v) is 8.55. The minimum atomic E-state index is -0.418. The first kappa shape index (κ1) is 23.8. The number of benzene rings is 3. The van der Waals surface area contributed by atoms with Crippen molar-refractivity contribution in [3.8, 4) is 17.2 Å².